The minimum atomic E-state index is -1.01. The van der Waals surface area contributed by atoms with Gasteiger partial charge in [0.1, 0.15) is 5.69 Å². The van der Waals surface area contributed by atoms with Crippen LogP contribution in [0.25, 0.3) is 0 Å². The fourth-order valence-corrected chi connectivity index (χ4v) is 2.15. The molecule has 1 unspecified atom stereocenters. The van der Waals surface area contributed by atoms with E-state index in [1.807, 2.05) is 0 Å². The normalized spacial score (nSPS) is 11.9. The van der Waals surface area contributed by atoms with Gasteiger partial charge in [0.2, 0.25) is 0 Å². The summed E-state index contributed by atoms with van der Waals surface area (Å²) < 4.78 is 0. The van der Waals surface area contributed by atoms with Gasteiger partial charge in [-0.2, -0.15) is 0 Å². The van der Waals surface area contributed by atoms with E-state index < -0.39 is 17.9 Å². The SMILES string of the molecule is O=C(O)CC(NC(=O)c1cc(Cl)c[nH]1)c1ccc(Cl)cc1. The third-order valence-corrected chi connectivity index (χ3v) is 3.32. The molecule has 0 bridgehead atoms. The van der Waals surface area contributed by atoms with Gasteiger partial charge in [-0.25, -0.2) is 0 Å². The fraction of sp³-hybridized carbons (Fsp3) is 0.143. The number of H-pyrrole nitrogens is 1. The molecule has 2 aromatic rings. The highest BCUT2D eigenvalue weighted by atomic mass is 35.5. The monoisotopic (exact) mass is 326 g/mol. The summed E-state index contributed by atoms with van der Waals surface area (Å²) in [5, 5.41) is 12.6. The summed E-state index contributed by atoms with van der Waals surface area (Å²) in [5.41, 5.74) is 0.928. The van der Waals surface area contributed by atoms with Crippen molar-refractivity contribution in [1.29, 1.82) is 0 Å². The Morgan fingerprint density at radius 3 is 2.38 bits per heavy atom. The molecule has 0 radical (unpaired) electrons. The number of carboxylic acids is 1. The summed E-state index contributed by atoms with van der Waals surface area (Å²) in [4.78, 5) is 25.7. The van der Waals surface area contributed by atoms with E-state index in [-0.39, 0.29) is 12.1 Å². The maximum atomic E-state index is 12.1. The first-order valence-corrected chi connectivity index (χ1v) is 6.83. The Bertz CT molecular complexity index is 652. The summed E-state index contributed by atoms with van der Waals surface area (Å²) in [7, 11) is 0. The predicted molar refractivity (Wildman–Crippen MR) is 79.7 cm³/mol. The fourth-order valence-electron chi connectivity index (χ4n) is 1.86. The van der Waals surface area contributed by atoms with Gasteiger partial charge in [-0.15, -0.1) is 0 Å². The van der Waals surface area contributed by atoms with Gasteiger partial charge in [-0.05, 0) is 23.8 Å². The van der Waals surface area contributed by atoms with E-state index in [2.05, 4.69) is 10.3 Å². The van der Waals surface area contributed by atoms with Gasteiger partial charge in [0.15, 0.2) is 0 Å². The lowest BCUT2D eigenvalue weighted by Crippen LogP contribution is -2.30. The Kier molecular flexibility index (Phi) is 4.88. The zero-order valence-electron chi connectivity index (χ0n) is 10.8. The third kappa shape index (κ3) is 4.24. The van der Waals surface area contributed by atoms with E-state index in [0.717, 1.165) is 0 Å². The van der Waals surface area contributed by atoms with Crippen molar-refractivity contribution in [2.24, 2.45) is 0 Å². The van der Waals surface area contributed by atoms with E-state index >= 15 is 0 Å². The van der Waals surface area contributed by atoms with Gasteiger partial charge in [0.05, 0.1) is 17.5 Å². The number of hydrogen-bond donors (Lipinski definition) is 3. The van der Waals surface area contributed by atoms with Crippen LogP contribution >= 0.6 is 23.2 Å². The molecule has 1 heterocycles. The summed E-state index contributed by atoms with van der Waals surface area (Å²) in [6.45, 7) is 0. The lowest BCUT2D eigenvalue weighted by Gasteiger charge is -2.17. The smallest absolute Gasteiger partial charge is 0.305 e. The molecule has 3 N–H and O–H groups in total. The van der Waals surface area contributed by atoms with E-state index in [9.17, 15) is 9.59 Å². The Hall–Kier alpha value is -1.98. The van der Waals surface area contributed by atoms with Crippen molar-refractivity contribution in [3.05, 3.63) is 57.8 Å². The van der Waals surface area contributed by atoms with Crippen LogP contribution in [0.15, 0.2) is 36.5 Å². The average molecular weight is 327 g/mol. The molecule has 0 saturated heterocycles. The predicted octanol–water partition coefficient (Wildman–Crippen LogP) is 3.27. The molecule has 0 aliphatic heterocycles. The minimum absolute atomic E-state index is 0.234. The van der Waals surface area contributed by atoms with Gasteiger partial charge in [-0.3, -0.25) is 9.59 Å². The molecule has 1 aromatic carbocycles. The van der Waals surface area contributed by atoms with Crippen LogP contribution in [-0.2, 0) is 4.79 Å². The Morgan fingerprint density at radius 2 is 1.86 bits per heavy atom. The van der Waals surface area contributed by atoms with Crippen LogP contribution in [0.1, 0.15) is 28.5 Å². The summed E-state index contributed by atoms with van der Waals surface area (Å²) in [5.74, 6) is -1.44. The van der Waals surface area contributed by atoms with Crippen LogP contribution in [0.2, 0.25) is 10.0 Å². The standard InChI is InChI=1S/C14H12Cl2N2O3/c15-9-3-1-8(2-4-9)11(6-13(19)20)18-14(21)12-5-10(16)7-17-12/h1-5,7,11,17H,6H2,(H,18,21)(H,19,20). The Labute approximate surface area is 130 Å². The van der Waals surface area contributed by atoms with Crippen LogP contribution in [-0.4, -0.2) is 22.0 Å². The largest absolute Gasteiger partial charge is 0.481 e. The highest BCUT2D eigenvalue weighted by molar-refractivity contribution is 6.31. The van der Waals surface area contributed by atoms with Crippen molar-refractivity contribution in [3.8, 4) is 0 Å². The minimum Gasteiger partial charge on any atom is -0.481 e. The molecule has 7 heteroatoms. The first-order chi connectivity index (χ1) is 9.95. The van der Waals surface area contributed by atoms with Crippen molar-refractivity contribution in [2.45, 2.75) is 12.5 Å². The van der Waals surface area contributed by atoms with Crippen LogP contribution in [0.3, 0.4) is 0 Å². The third-order valence-electron chi connectivity index (χ3n) is 2.85. The van der Waals surface area contributed by atoms with Crippen LogP contribution in [0, 0.1) is 0 Å². The first kappa shape index (κ1) is 15.4. The lowest BCUT2D eigenvalue weighted by atomic mass is 10.0. The number of nitrogens with one attached hydrogen (secondary N) is 2. The van der Waals surface area contributed by atoms with Gasteiger partial charge in [0.25, 0.3) is 5.91 Å². The highest BCUT2D eigenvalue weighted by Crippen LogP contribution is 2.20. The van der Waals surface area contributed by atoms with Crippen molar-refractivity contribution in [3.63, 3.8) is 0 Å². The van der Waals surface area contributed by atoms with Gasteiger partial charge in [-0.1, -0.05) is 35.3 Å². The number of aromatic amines is 1. The molecule has 0 aliphatic rings. The molecule has 2 rings (SSSR count). The molecule has 0 saturated carbocycles. The number of carbonyl (C=O) groups is 2. The molecule has 21 heavy (non-hydrogen) atoms. The van der Waals surface area contributed by atoms with E-state index in [1.54, 1.807) is 24.3 Å². The summed E-state index contributed by atoms with van der Waals surface area (Å²) in [6.07, 6.45) is 1.24. The van der Waals surface area contributed by atoms with Crippen LogP contribution in [0.5, 0.6) is 0 Å². The molecular weight excluding hydrogens is 315 g/mol. The number of aromatic nitrogens is 1. The number of amides is 1. The molecule has 0 aliphatic carbocycles. The second kappa shape index (κ2) is 6.65. The second-order valence-corrected chi connectivity index (χ2v) is 5.28. The number of rotatable bonds is 5. The molecule has 0 fully saturated rings. The van der Waals surface area contributed by atoms with E-state index in [0.29, 0.717) is 15.6 Å². The summed E-state index contributed by atoms with van der Waals surface area (Å²) in [6, 6.07) is 7.45. The Balaban J connectivity index is 2.18. The van der Waals surface area contributed by atoms with E-state index in [1.165, 1.54) is 12.3 Å². The number of carboxylic acid groups (broad SMARTS) is 1. The molecule has 1 amide bonds. The summed E-state index contributed by atoms with van der Waals surface area (Å²) >= 11 is 11.5. The van der Waals surface area contributed by atoms with Crippen LogP contribution in [0.4, 0.5) is 0 Å². The maximum absolute atomic E-state index is 12.1. The second-order valence-electron chi connectivity index (χ2n) is 4.41. The molecule has 1 atom stereocenters. The van der Waals surface area contributed by atoms with Gasteiger partial charge >= 0.3 is 5.97 Å². The number of aliphatic carboxylic acids is 1. The number of carbonyl (C=O) groups excluding carboxylic acids is 1. The molecule has 1 aromatic heterocycles. The number of halogens is 2. The molecule has 110 valence electrons. The molecule has 5 nitrogen and oxygen atoms in total. The van der Waals surface area contributed by atoms with E-state index in [4.69, 9.17) is 28.3 Å². The van der Waals surface area contributed by atoms with Gasteiger partial charge < -0.3 is 15.4 Å². The first-order valence-electron chi connectivity index (χ1n) is 6.08. The zero-order chi connectivity index (χ0) is 15.4. The van der Waals surface area contributed by atoms with Crippen molar-refractivity contribution >= 4 is 35.1 Å². The van der Waals surface area contributed by atoms with Crippen LogP contribution < -0.4 is 5.32 Å². The van der Waals surface area contributed by atoms with Gasteiger partial charge in [0, 0.05) is 11.2 Å². The average Bonchev–Trinajstić information content (AvgIpc) is 2.85. The number of hydrogen-bond acceptors (Lipinski definition) is 2. The molecular formula is C14H12Cl2N2O3. The van der Waals surface area contributed by atoms with Crippen molar-refractivity contribution in [2.75, 3.05) is 0 Å². The topological polar surface area (TPSA) is 82.2 Å². The van der Waals surface area contributed by atoms with Crippen molar-refractivity contribution in [1.82, 2.24) is 10.3 Å². The quantitative estimate of drug-likeness (QED) is 0.788. The molecule has 0 spiro atoms. The van der Waals surface area contributed by atoms with Crippen molar-refractivity contribution < 1.29 is 14.7 Å². The Morgan fingerprint density at radius 1 is 1.19 bits per heavy atom. The highest BCUT2D eigenvalue weighted by Gasteiger charge is 2.19. The number of benzene rings is 1. The zero-order valence-corrected chi connectivity index (χ0v) is 12.3. The lowest BCUT2D eigenvalue weighted by molar-refractivity contribution is -0.137. The maximum Gasteiger partial charge on any atom is 0.305 e.